The molecule has 0 aliphatic rings. The Balaban J connectivity index is 2.80. The molecule has 1 heterocycles. The van der Waals surface area contributed by atoms with Crippen LogP contribution in [0.3, 0.4) is 0 Å². The van der Waals surface area contributed by atoms with E-state index in [4.69, 9.17) is 11.6 Å². The molecular weight excluding hydrogens is 263 g/mol. The molecule has 96 valence electrons. The number of aromatic nitrogens is 1. The molecule has 3 nitrogen and oxygen atoms in total. The number of halogens is 2. The number of hydrogen-bond acceptors (Lipinski definition) is 3. The average Bonchev–Trinajstić information content (AvgIpc) is 2.15. The fourth-order valence-corrected chi connectivity index (χ4v) is 2.24. The predicted octanol–water partition coefficient (Wildman–Crippen LogP) is 2.99. The summed E-state index contributed by atoms with van der Waals surface area (Å²) < 4.78 is 27.2. The molecule has 1 rings (SSSR count). The number of hydrogen-bond donors (Lipinski definition) is 1. The molecular formula is C11H16ClFN2OS. The quantitative estimate of drug-likeness (QED) is 0.865. The molecule has 1 N–H and O–H groups in total. The molecule has 0 aliphatic carbocycles. The van der Waals surface area contributed by atoms with Gasteiger partial charge in [0, 0.05) is 11.4 Å². The van der Waals surface area contributed by atoms with Crippen LogP contribution >= 0.6 is 11.6 Å². The summed E-state index contributed by atoms with van der Waals surface area (Å²) in [6, 6.07) is 0.894. The summed E-state index contributed by atoms with van der Waals surface area (Å²) in [6.45, 7) is 7.38. The standard InChI is InChI=1S/C11H16ClFN2OS/c1-7(15-17(16)11(2,3)4)10-9(12)5-8(13)6-14-10/h5-7,15H,1-4H3. The molecule has 0 saturated heterocycles. The summed E-state index contributed by atoms with van der Waals surface area (Å²) in [6.07, 6.45) is 1.10. The van der Waals surface area contributed by atoms with E-state index in [1.165, 1.54) is 6.07 Å². The van der Waals surface area contributed by atoms with Crippen molar-refractivity contribution in [2.45, 2.75) is 38.5 Å². The summed E-state index contributed by atoms with van der Waals surface area (Å²) in [5.41, 5.74) is 0.491. The number of nitrogens with one attached hydrogen (secondary N) is 1. The number of nitrogens with zero attached hydrogens (tertiary/aromatic N) is 1. The lowest BCUT2D eigenvalue weighted by atomic mass is 10.2. The van der Waals surface area contributed by atoms with Gasteiger partial charge in [-0.1, -0.05) is 11.6 Å². The Labute approximate surface area is 109 Å². The zero-order chi connectivity index (χ0) is 13.2. The zero-order valence-electron chi connectivity index (χ0n) is 10.3. The van der Waals surface area contributed by atoms with Crippen LogP contribution in [0.5, 0.6) is 0 Å². The van der Waals surface area contributed by atoms with Crippen molar-refractivity contribution in [3.63, 3.8) is 0 Å². The van der Waals surface area contributed by atoms with Crippen LogP contribution in [0.15, 0.2) is 12.3 Å². The Hall–Kier alpha value is -0.360. The van der Waals surface area contributed by atoms with Gasteiger partial charge in [-0.15, -0.1) is 4.72 Å². The third-order valence-corrected chi connectivity index (χ3v) is 4.07. The van der Waals surface area contributed by atoms with Crippen LogP contribution < -0.4 is 4.72 Å². The van der Waals surface area contributed by atoms with Crippen LogP contribution in [0.1, 0.15) is 39.4 Å². The van der Waals surface area contributed by atoms with Crippen molar-refractivity contribution in [1.82, 2.24) is 9.71 Å². The minimum absolute atomic E-state index is 0.232. The van der Waals surface area contributed by atoms with Crippen molar-refractivity contribution in [2.75, 3.05) is 0 Å². The highest BCUT2D eigenvalue weighted by molar-refractivity contribution is 7.90. The van der Waals surface area contributed by atoms with Crippen molar-refractivity contribution in [1.29, 1.82) is 0 Å². The largest absolute Gasteiger partial charge is 0.598 e. The molecule has 17 heavy (non-hydrogen) atoms. The molecule has 0 bridgehead atoms. The van der Waals surface area contributed by atoms with Crippen LogP contribution in [0.25, 0.3) is 0 Å². The second-order valence-corrected chi connectivity index (χ2v) is 7.15. The lowest BCUT2D eigenvalue weighted by molar-refractivity contribution is 0.528. The minimum Gasteiger partial charge on any atom is -0.598 e. The highest BCUT2D eigenvalue weighted by Gasteiger charge is 2.29. The molecule has 6 heteroatoms. The van der Waals surface area contributed by atoms with Gasteiger partial charge in [0.1, 0.15) is 10.6 Å². The smallest absolute Gasteiger partial charge is 0.142 e. The van der Waals surface area contributed by atoms with Gasteiger partial charge in [0.25, 0.3) is 0 Å². The van der Waals surface area contributed by atoms with E-state index < -0.39 is 17.2 Å². The van der Waals surface area contributed by atoms with Gasteiger partial charge in [-0.2, -0.15) is 0 Å². The second kappa shape index (κ2) is 5.52. The third-order valence-electron chi connectivity index (χ3n) is 2.09. The van der Waals surface area contributed by atoms with Crippen LogP contribution in [0.4, 0.5) is 4.39 Å². The van der Waals surface area contributed by atoms with E-state index >= 15 is 0 Å². The normalized spacial score (nSPS) is 15.7. The highest BCUT2D eigenvalue weighted by Crippen LogP contribution is 2.24. The topological polar surface area (TPSA) is 48.0 Å². The van der Waals surface area contributed by atoms with Gasteiger partial charge in [0.2, 0.25) is 0 Å². The Morgan fingerprint density at radius 2 is 2.12 bits per heavy atom. The summed E-state index contributed by atoms with van der Waals surface area (Å²) in [5, 5.41) is 0.232. The van der Waals surface area contributed by atoms with Gasteiger partial charge >= 0.3 is 0 Å². The van der Waals surface area contributed by atoms with Crippen molar-refractivity contribution in [2.24, 2.45) is 0 Å². The fourth-order valence-electron chi connectivity index (χ4n) is 1.14. The number of pyridine rings is 1. The maximum absolute atomic E-state index is 12.8. The molecule has 0 aromatic carbocycles. The van der Waals surface area contributed by atoms with Crippen LogP contribution in [0, 0.1) is 5.82 Å². The third kappa shape index (κ3) is 4.10. The Kier molecular flexibility index (Phi) is 4.77. The van der Waals surface area contributed by atoms with Crippen LogP contribution in [-0.4, -0.2) is 14.3 Å². The lowest BCUT2D eigenvalue weighted by Gasteiger charge is -2.26. The van der Waals surface area contributed by atoms with Gasteiger partial charge in [-0.05, 0) is 33.8 Å². The van der Waals surface area contributed by atoms with E-state index in [1.54, 1.807) is 6.92 Å². The van der Waals surface area contributed by atoms with E-state index in [0.717, 1.165) is 6.20 Å². The maximum Gasteiger partial charge on any atom is 0.142 e. The van der Waals surface area contributed by atoms with Gasteiger partial charge < -0.3 is 4.55 Å². The van der Waals surface area contributed by atoms with Crippen LogP contribution in [0.2, 0.25) is 5.02 Å². The summed E-state index contributed by atoms with van der Waals surface area (Å²) in [5.74, 6) is -0.483. The first-order chi connectivity index (χ1) is 7.71. The fraction of sp³-hybridized carbons (Fsp3) is 0.545. The molecule has 2 unspecified atom stereocenters. The number of rotatable bonds is 3. The molecule has 0 spiro atoms. The minimum atomic E-state index is -1.22. The van der Waals surface area contributed by atoms with Crippen LogP contribution in [-0.2, 0) is 11.4 Å². The molecule has 0 amide bonds. The SMILES string of the molecule is CC(N[S+]([O-])C(C)(C)C)c1ncc(F)cc1Cl. The second-order valence-electron chi connectivity index (χ2n) is 4.74. The molecule has 1 aromatic rings. The van der Waals surface area contributed by atoms with E-state index in [2.05, 4.69) is 9.71 Å². The van der Waals surface area contributed by atoms with Gasteiger partial charge in [-0.25, -0.2) is 4.39 Å². The first kappa shape index (κ1) is 14.7. The first-order valence-electron chi connectivity index (χ1n) is 5.21. The summed E-state index contributed by atoms with van der Waals surface area (Å²) in [7, 11) is 0. The predicted molar refractivity (Wildman–Crippen MR) is 68.7 cm³/mol. The van der Waals surface area contributed by atoms with Crippen molar-refractivity contribution in [3.05, 3.63) is 28.8 Å². The Morgan fingerprint density at radius 1 is 1.53 bits per heavy atom. The molecule has 0 saturated carbocycles. The first-order valence-corrected chi connectivity index (χ1v) is 6.73. The lowest BCUT2D eigenvalue weighted by Crippen LogP contribution is -2.40. The van der Waals surface area contributed by atoms with E-state index in [-0.39, 0.29) is 15.8 Å². The molecule has 0 fully saturated rings. The van der Waals surface area contributed by atoms with Crippen molar-refractivity contribution in [3.8, 4) is 0 Å². The van der Waals surface area contributed by atoms with E-state index in [9.17, 15) is 8.94 Å². The molecule has 1 aromatic heterocycles. The average molecular weight is 279 g/mol. The zero-order valence-corrected chi connectivity index (χ0v) is 11.8. The monoisotopic (exact) mass is 278 g/mol. The molecule has 0 aliphatic heterocycles. The summed E-state index contributed by atoms with van der Waals surface area (Å²) in [4.78, 5) is 3.91. The van der Waals surface area contributed by atoms with Gasteiger partial charge in [-0.3, -0.25) is 4.98 Å². The van der Waals surface area contributed by atoms with Gasteiger partial charge in [0.05, 0.1) is 23.0 Å². The Morgan fingerprint density at radius 3 is 2.59 bits per heavy atom. The highest BCUT2D eigenvalue weighted by atomic mass is 35.5. The Bertz CT molecular complexity index is 398. The summed E-state index contributed by atoms with van der Waals surface area (Å²) >= 11 is 4.66. The van der Waals surface area contributed by atoms with E-state index in [1.807, 2.05) is 20.8 Å². The van der Waals surface area contributed by atoms with Crippen molar-refractivity contribution < 1.29 is 8.94 Å². The van der Waals surface area contributed by atoms with Crippen molar-refractivity contribution >= 4 is 23.0 Å². The molecule has 2 atom stereocenters. The maximum atomic E-state index is 12.8. The molecule has 0 radical (unpaired) electrons. The van der Waals surface area contributed by atoms with Gasteiger partial charge in [0.15, 0.2) is 0 Å². The van der Waals surface area contributed by atoms with E-state index in [0.29, 0.717) is 5.69 Å².